The Morgan fingerprint density at radius 2 is 2.37 bits per heavy atom. The van der Waals surface area contributed by atoms with Gasteiger partial charge in [-0.1, -0.05) is 24.6 Å². The van der Waals surface area contributed by atoms with Crippen LogP contribution in [0.2, 0.25) is 5.15 Å². The number of thiophene rings is 1. The molecule has 1 amide bonds. The van der Waals surface area contributed by atoms with Crippen LogP contribution in [0.1, 0.15) is 28.1 Å². The molecule has 0 aromatic carbocycles. The molecule has 2 rings (SSSR count). The van der Waals surface area contributed by atoms with Gasteiger partial charge in [0.2, 0.25) is 0 Å². The van der Waals surface area contributed by atoms with Gasteiger partial charge in [0.25, 0.3) is 5.91 Å². The number of aromatic nitrogens is 2. The smallest absolute Gasteiger partial charge is 0.252 e. The van der Waals surface area contributed by atoms with Gasteiger partial charge in [0.05, 0.1) is 5.56 Å². The third-order valence-corrected chi connectivity index (χ3v) is 3.92. The summed E-state index contributed by atoms with van der Waals surface area (Å²) in [5.74, 6) is 0.0848. The number of hydrogen-bond acceptors (Lipinski definition) is 5. The fourth-order valence-corrected chi connectivity index (χ4v) is 2.54. The largest absolute Gasteiger partial charge is 0.367 e. The summed E-state index contributed by atoms with van der Waals surface area (Å²) in [4.78, 5) is 12.6. The topological polar surface area (TPSA) is 80.9 Å². The number of hydrogen-bond donors (Lipinski definition) is 2. The van der Waals surface area contributed by atoms with E-state index in [4.69, 9.17) is 17.3 Å². The number of amides is 1. The molecule has 0 bridgehead atoms. The Bertz CT molecular complexity index is 573. The van der Waals surface area contributed by atoms with Crippen molar-refractivity contribution in [1.82, 2.24) is 10.2 Å². The van der Waals surface area contributed by atoms with Gasteiger partial charge in [-0.2, -0.15) is 0 Å². The first-order valence-electron chi connectivity index (χ1n) is 5.68. The van der Waals surface area contributed by atoms with E-state index < -0.39 is 5.91 Å². The Morgan fingerprint density at radius 1 is 1.58 bits per heavy atom. The molecule has 1 unspecified atom stereocenters. The van der Waals surface area contributed by atoms with Gasteiger partial charge in [-0.3, -0.25) is 4.79 Å². The molecule has 2 heterocycles. The molecule has 1 atom stereocenters. The van der Waals surface area contributed by atoms with Crippen molar-refractivity contribution in [3.05, 3.63) is 39.2 Å². The molecule has 19 heavy (non-hydrogen) atoms. The first kappa shape index (κ1) is 13.8. The highest BCUT2D eigenvalue weighted by Crippen LogP contribution is 2.22. The van der Waals surface area contributed by atoms with Crippen molar-refractivity contribution in [2.45, 2.75) is 12.8 Å². The van der Waals surface area contributed by atoms with E-state index >= 15 is 0 Å². The van der Waals surface area contributed by atoms with Gasteiger partial charge >= 0.3 is 0 Å². The average molecular weight is 297 g/mol. The number of primary amides is 1. The zero-order valence-corrected chi connectivity index (χ0v) is 11.8. The highest BCUT2D eigenvalue weighted by atomic mass is 35.5. The molecule has 100 valence electrons. The lowest BCUT2D eigenvalue weighted by molar-refractivity contribution is 0.100. The number of nitrogens with zero attached hydrogens (tertiary/aromatic N) is 2. The zero-order valence-electron chi connectivity index (χ0n) is 10.3. The fourth-order valence-electron chi connectivity index (χ4n) is 1.61. The van der Waals surface area contributed by atoms with Crippen molar-refractivity contribution in [2.24, 2.45) is 5.73 Å². The Kier molecular flexibility index (Phi) is 4.34. The first-order valence-corrected chi connectivity index (χ1v) is 6.94. The molecular weight excluding hydrogens is 284 g/mol. The van der Waals surface area contributed by atoms with Crippen LogP contribution in [-0.4, -0.2) is 22.6 Å². The quantitative estimate of drug-likeness (QED) is 0.888. The Hall–Kier alpha value is -1.66. The molecule has 3 N–H and O–H groups in total. The van der Waals surface area contributed by atoms with Gasteiger partial charge in [0.1, 0.15) is 0 Å². The van der Waals surface area contributed by atoms with E-state index in [9.17, 15) is 4.79 Å². The summed E-state index contributed by atoms with van der Waals surface area (Å²) in [5.41, 5.74) is 5.53. The van der Waals surface area contributed by atoms with E-state index in [1.807, 2.05) is 11.4 Å². The number of rotatable bonds is 5. The minimum Gasteiger partial charge on any atom is -0.367 e. The van der Waals surface area contributed by atoms with E-state index in [-0.39, 0.29) is 10.7 Å². The lowest BCUT2D eigenvalue weighted by atomic mass is 10.1. The van der Waals surface area contributed by atoms with Gasteiger partial charge in [-0.05, 0) is 17.5 Å². The van der Waals surface area contributed by atoms with Crippen LogP contribution in [-0.2, 0) is 0 Å². The predicted octanol–water partition coefficient (Wildman–Crippen LogP) is 2.51. The fraction of sp³-hybridized carbons (Fsp3) is 0.250. The third kappa shape index (κ3) is 3.42. The minimum absolute atomic E-state index is 0.144. The summed E-state index contributed by atoms with van der Waals surface area (Å²) in [6, 6.07) is 5.49. The van der Waals surface area contributed by atoms with Gasteiger partial charge in [-0.25, -0.2) is 0 Å². The standard InChI is InChI=1S/C12H13ClN4OS/c1-7(9-3-2-4-19-9)6-15-12-8(11(14)18)5-10(13)16-17-12/h2-5,7H,6H2,1H3,(H2,14,18)(H,15,17). The van der Waals surface area contributed by atoms with Crippen LogP contribution in [0.3, 0.4) is 0 Å². The predicted molar refractivity (Wildman–Crippen MR) is 76.8 cm³/mol. The maximum Gasteiger partial charge on any atom is 0.252 e. The van der Waals surface area contributed by atoms with Crippen LogP contribution >= 0.6 is 22.9 Å². The highest BCUT2D eigenvalue weighted by Gasteiger charge is 2.13. The van der Waals surface area contributed by atoms with E-state index in [0.29, 0.717) is 18.3 Å². The number of carbonyl (C=O) groups excluding carboxylic acids is 1. The lowest BCUT2D eigenvalue weighted by Crippen LogP contribution is -2.18. The van der Waals surface area contributed by atoms with Gasteiger partial charge in [0, 0.05) is 17.3 Å². The second-order valence-corrected chi connectivity index (χ2v) is 5.46. The van der Waals surface area contributed by atoms with Gasteiger partial charge in [0.15, 0.2) is 11.0 Å². The molecular formula is C12H13ClN4OS. The summed E-state index contributed by atoms with van der Waals surface area (Å²) in [6.07, 6.45) is 0. The molecule has 2 aromatic heterocycles. The minimum atomic E-state index is -0.580. The van der Waals surface area contributed by atoms with E-state index in [1.165, 1.54) is 10.9 Å². The summed E-state index contributed by atoms with van der Waals surface area (Å²) >= 11 is 7.39. The normalized spacial score (nSPS) is 12.1. The second kappa shape index (κ2) is 5.99. The highest BCUT2D eigenvalue weighted by molar-refractivity contribution is 7.10. The van der Waals surface area contributed by atoms with Crippen LogP contribution in [0.5, 0.6) is 0 Å². The lowest BCUT2D eigenvalue weighted by Gasteiger charge is -2.12. The number of anilines is 1. The summed E-state index contributed by atoms with van der Waals surface area (Å²) in [7, 11) is 0. The summed E-state index contributed by atoms with van der Waals surface area (Å²) in [5, 5.41) is 12.8. The molecule has 0 radical (unpaired) electrons. The molecule has 0 aliphatic carbocycles. The molecule has 0 aliphatic rings. The van der Waals surface area contributed by atoms with Crippen LogP contribution in [0.15, 0.2) is 23.6 Å². The molecule has 5 nitrogen and oxygen atoms in total. The van der Waals surface area contributed by atoms with Crippen molar-refractivity contribution in [3.8, 4) is 0 Å². The molecule has 0 saturated carbocycles. The van der Waals surface area contributed by atoms with Crippen LogP contribution in [0.4, 0.5) is 5.82 Å². The number of halogens is 1. The van der Waals surface area contributed by atoms with Crippen molar-refractivity contribution in [1.29, 1.82) is 0 Å². The van der Waals surface area contributed by atoms with E-state index in [1.54, 1.807) is 11.3 Å². The Balaban J connectivity index is 2.09. The molecule has 7 heteroatoms. The zero-order chi connectivity index (χ0) is 13.8. The van der Waals surface area contributed by atoms with E-state index in [2.05, 4.69) is 28.5 Å². The molecule has 0 fully saturated rings. The van der Waals surface area contributed by atoms with Gasteiger partial charge in [-0.15, -0.1) is 21.5 Å². The van der Waals surface area contributed by atoms with Crippen molar-refractivity contribution < 1.29 is 4.79 Å². The van der Waals surface area contributed by atoms with Crippen molar-refractivity contribution >= 4 is 34.7 Å². The maximum absolute atomic E-state index is 11.3. The maximum atomic E-state index is 11.3. The van der Waals surface area contributed by atoms with Crippen LogP contribution < -0.4 is 11.1 Å². The third-order valence-electron chi connectivity index (χ3n) is 2.63. The molecule has 0 saturated heterocycles. The SMILES string of the molecule is CC(CNc1nnc(Cl)cc1C(N)=O)c1cccs1. The Morgan fingerprint density at radius 3 is 3.00 bits per heavy atom. The van der Waals surface area contributed by atoms with Gasteiger partial charge < -0.3 is 11.1 Å². The van der Waals surface area contributed by atoms with Crippen molar-refractivity contribution in [2.75, 3.05) is 11.9 Å². The van der Waals surface area contributed by atoms with Crippen LogP contribution in [0, 0.1) is 0 Å². The van der Waals surface area contributed by atoms with Crippen LogP contribution in [0.25, 0.3) is 0 Å². The second-order valence-electron chi connectivity index (χ2n) is 4.09. The number of carbonyl (C=O) groups is 1. The molecule has 2 aromatic rings. The van der Waals surface area contributed by atoms with E-state index in [0.717, 1.165) is 0 Å². The summed E-state index contributed by atoms with van der Waals surface area (Å²) in [6.45, 7) is 2.73. The molecule has 0 aliphatic heterocycles. The first-order chi connectivity index (χ1) is 9.08. The number of nitrogens with one attached hydrogen (secondary N) is 1. The Labute approximate surface area is 119 Å². The average Bonchev–Trinajstić information content (AvgIpc) is 2.90. The molecule has 0 spiro atoms. The van der Waals surface area contributed by atoms with Crippen molar-refractivity contribution in [3.63, 3.8) is 0 Å². The summed E-state index contributed by atoms with van der Waals surface area (Å²) < 4.78 is 0. The monoisotopic (exact) mass is 296 g/mol. The number of nitrogens with two attached hydrogens (primary N) is 1.